The van der Waals surface area contributed by atoms with E-state index < -0.39 is 0 Å². The zero-order valence-electron chi connectivity index (χ0n) is 12.2. The SMILES string of the molecule is CC1(C)[C@@H]2C[C@H]3COC(Nc4ccccc4)=N[C@H]3[C@H]1C2. The first-order valence-electron chi connectivity index (χ1n) is 7.67. The first-order valence-corrected chi connectivity index (χ1v) is 7.67. The molecule has 0 spiro atoms. The van der Waals surface area contributed by atoms with Crippen molar-refractivity contribution in [3.05, 3.63) is 30.3 Å². The lowest BCUT2D eigenvalue weighted by Gasteiger charge is -2.62. The lowest BCUT2D eigenvalue weighted by molar-refractivity contribution is -0.116. The van der Waals surface area contributed by atoms with Crippen molar-refractivity contribution in [1.82, 2.24) is 0 Å². The summed E-state index contributed by atoms with van der Waals surface area (Å²) in [6.45, 7) is 5.65. The van der Waals surface area contributed by atoms with Gasteiger partial charge in [0.2, 0.25) is 0 Å². The second-order valence-corrected chi connectivity index (χ2v) is 7.08. The molecule has 5 rings (SSSR count). The monoisotopic (exact) mass is 270 g/mol. The van der Waals surface area contributed by atoms with Crippen LogP contribution >= 0.6 is 0 Å². The van der Waals surface area contributed by atoms with E-state index in [9.17, 15) is 0 Å². The van der Waals surface area contributed by atoms with E-state index in [4.69, 9.17) is 9.73 Å². The number of hydrogen-bond donors (Lipinski definition) is 1. The van der Waals surface area contributed by atoms with Crippen molar-refractivity contribution in [3.8, 4) is 0 Å². The van der Waals surface area contributed by atoms with Gasteiger partial charge in [-0.15, -0.1) is 0 Å². The Hall–Kier alpha value is -1.51. The molecule has 1 aliphatic heterocycles. The average Bonchev–Trinajstić information content (AvgIpc) is 2.47. The van der Waals surface area contributed by atoms with Gasteiger partial charge in [-0.2, -0.15) is 0 Å². The summed E-state index contributed by atoms with van der Waals surface area (Å²) in [5, 5.41) is 3.31. The number of benzene rings is 1. The number of rotatable bonds is 1. The molecule has 0 radical (unpaired) electrons. The van der Waals surface area contributed by atoms with Crippen LogP contribution in [0.1, 0.15) is 26.7 Å². The molecule has 3 fully saturated rings. The Morgan fingerprint density at radius 1 is 1.20 bits per heavy atom. The van der Waals surface area contributed by atoms with E-state index in [1.54, 1.807) is 0 Å². The Bertz CT molecular complexity index is 537. The minimum Gasteiger partial charge on any atom is -0.465 e. The fraction of sp³-hybridized carbons (Fsp3) is 0.588. The van der Waals surface area contributed by atoms with Gasteiger partial charge in [-0.1, -0.05) is 32.0 Å². The molecule has 3 nitrogen and oxygen atoms in total. The highest BCUT2D eigenvalue weighted by Gasteiger charge is 2.58. The van der Waals surface area contributed by atoms with E-state index in [1.807, 2.05) is 30.3 Å². The van der Waals surface area contributed by atoms with Crippen molar-refractivity contribution in [1.29, 1.82) is 0 Å². The molecule has 3 aliphatic carbocycles. The molecule has 1 N–H and O–H groups in total. The summed E-state index contributed by atoms with van der Waals surface area (Å²) >= 11 is 0. The summed E-state index contributed by atoms with van der Waals surface area (Å²) in [5.74, 6) is 2.26. The van der Waals surface area contributed by atoms with Crippen LogP contribution in [0.5, 0.6) is 0 Å². The molecular formula is C17H22N2O. The zero-order valence-corrected chi connectivity index (χ0v) is 12.2. The fourth-order valence-corrected chi connectivity index (χ4v) is 4.30. The van der Waals surface area contributed by atoms with Crippen LogP contribution in [0.2, 0.25) is 0 Å². The van der Waals surface area contributed by atoms with E-state index in [2.05, 4.69) is 19.2 Å². The van der Waals surface area contributed by atoms with Crippen molar-refractivity contribution in [2.24, 2.45) is 28.2 Å². The molecule has 4 atom stereocenters. The average molecular weight is 270 g/mol. The Morgan fingerprint density at radius 2 is 2.00 bits per heavy atom. The summed E-state index contributed by atoms with van der Waals surface area (Å²) in [6.07, 6.45) is 2.65. The molecule has 106 valence electrons. The van der Waals surface area contributed by atoms with Crippen LogP contribution in [0.15, 0.2) is 35.3 Å². The smallest absolute Gasteiger partial charge is 0.289 e. The van der Waals surface area contributed by atoms with Crippen molar-refractivity contribution in [3.63, 3.8) is 0 Å². The van der Waals surface area contributed by atoms with Crippen LogP contribution in [0, 0.1) is 23.2 Å². The van der Waals surface area contributed by atoms with Crippen LogP contribution in [-0.4, -0.2) is 18.7 Å². The number of amidine groups is 1. The molecule has 1 heterocycles. The van der Waals surface area contributed by atoms with Gasteiger partial charge in [-0.05, 0) is 42.2 Å². The van der Waals surface area contributed by atoms with Crippen molar-refractivity contribution in [2.45, 2.75) is 32.7 Å². The summed E-state index contributed by atoms with van der Waals surface area (Å²) in [5.41, 5.74) is 1.52. The fourth-order valence-electron chi connectivity index (χ4n) is 4.30. The van der Waals surface area contributed by atoms with Crippen LogP contribution in [0.25, 0.3) is 0 Å². The number of aliphatic imine (C=N–C) groups is 1. The highest BCUT2D eigenvalue weighted by atomic mass is 16.5. The molecule has 3 saturated carbocycles. The van der Waals surface area contributed by atoms with E-state index in [0.717, 1.165) is 24.1 Å². The van der Waals surface area contributed by atoms with Gasteiger partial charge in [0.15, 0.2) is 0 Å². The predicted octanol–water partition coefficient (Wildman–Crippen LogP) is 3.54. The molecule has 0 saturated heterocycles. The van der Waals surface area contributed by atoms with Gasteiger partial charge in [0.25, 0.3) is 6.02 Å². The highest BCUT2D eigenvalue weighted by molar-refractivity contribution is 5.89. The van der Waals surface area contributed by atoms with E-state index in [0.29, 0.717) is 23.4 Å². The quantitative estimate of drug-likeness (QED) is 0.847. The topological polar surface area (TPSA) is 33.6 Å². The predicted molar refractivity (Wildman–Crippen MR) is 80.7 cm³/mol. The summed E-state index contributed by atoms with van der Waals surface area (Å²) in [6, 6.07) is 11.3. The molecule has 1 aromatic carbocycles. The first kappa shape index (κ1) is 12.2. The van der Waals surface area contributed by atoms with E-state index in [1.165, 1.54) is 12.8 Å². The number of hydrogen-bond acceptors (Lipinski definition) is 3. The van der Waals surface area contributed by atoms with Gasteiger partial charge in [0.1, 0.15) is 0 Å². The first-order chi connectivity index (χ1) is 9.64. The zero-order chi connectivity index (χ0) is 13.7. The maximum atomic E-state index is 5.83. The Balaban J connectivity index is 1.55. The second kappa shape index (κ2) is 4.24. The van der Waals surface area contributed by atoms with Gasteiger partial charge >= 0.3 is 0 Å². The number of para-hydroxylation sites is 1. The lowest BCUT2D eigenvalue weighted by Crippen LogP contribution is -2.60. The van der Waals surface area contributed by atoms with Gasteiger partial charge in [0, 0.05) is 11.6 Å². The Kier molecular flexibility index (Phi) is 2.60. The number of ether oxygens (including phenoxy) is 1. The van der Waals surface area contributed by atoms with Crippen LogP contribution in [-0.2, 0) is 4.74 Å². The number of nitrogens with one attached hydrogen (secondary N) is 1. The molecule has 0 aromatic heterocycles. The lowest BCUT2D eigenvalue weighted by atomic mass is 9.45. The highest BCUT2D eigenvalue weighted by Crippen LogP contribution is 2.61. The second-order valence-electron chi connectivity index (χ2n) is 7.08. The molecule has 0 amide bonds. The number of anilines is 1. The third kappa shape index (κ3) is 1.75. The standard InChI is InChI=1S/C17H22N2O/c1-17(2)12-8-11-10-20-16(19-15(11)14(17)9-12)18-13-6-4-3-5-7-13/h3-7,11-12,14-15H,8-10H2,1-2H3,(H,18,19)/t11-,12+,14+,15+/m0/s1. The normalized spacial score (nSPS) is 37.0. The summed E-state index contributed by atoms with van der Waals surface area (Å²) in [7, 11) is 0. The third-order valence-electron chi connectivity index (χ3n) is 5.75. The van der Waals surface area contributed by atoms with Crippen LogP contribution in [0.3, 0.4) is 0 Å². The van der Waals surface area contributed by atoms with Gasteiger partial charge < -0.3 is 10.1 Å². The van der Waals surface area contributed by atoms with Crippen molar-refractivity contribution < 1.29 is 4.74 Å². The Morgan fingerprint density at radius 3 is 2.75 bits per heavy atom. The van der Waals surface area contributed by atoms with Gasteiger partial charge in [0.05, 0.1) is 12.6 Å². The maximum Gasteiger partial charge on any atom is 0.289 e. The maximum absolute atomic E-state index is 5.83. The number of nitrogens with zero attached hydrogens (tertiary/aromatic N) is 1. The van der Waals surface area contributed by atoms with E-state index >= 15 is 0 Å². The summed E-state index contributed by atoms with van der Waals surface area (Å²) in [4.78, 5) is 4.90. The van der Waals surface area contributed by atoms with Crippen molar-refractivity contribution in [2.75, 3.05) is 11.9 Å². The van der Waals surface area contributed by atoms with Crippen molar-refractivity contribution >= 4 is 11.7 Å². The van der Waals surface area contributed by atoms with Crippen LogP contribution in [0.4, 0.5) is 5.69 Å². The Labute approximate surface area is 120 Å². The largest absolute Gasteiger partial charge is 0.465 e. The molecular weight excluding hydrogens is 248 g/mol. The molecule has 3 heteroatoms. The third-order valence-corrected chi connectivity index (χ3v) is 5.75. The molecule has 0 unspecified atom stereocenters. The van der Waals surface area contributed by atoms with Gasteiger partial charge in [-0.25, -0.2) is 4.99 Å². The van der Waals surface area contributed by atoms with Crippen LogP contribution < -0.4 is 5.32 Å². The van der Waals surface area contributed by atoms with Gasteiger partial charge in [-0.3, -0.25) is 0 Å². The molecule has 4 aliphatic rings. The molecule has 1 aromatic rings. The molecule has 2 bridgehead atoms. The van der Waals surface area contributed by atoms with E-state index in [-0.39, 0.29) is 0 Å². The minimum absolute atomic E-state index is 0.454. The summed E-state index contributed by atoms with van der Waals surface area (Å²) < 4.78 is 5.83. The minimum atomic E-state index is 0.454. The molecule has 20 heavy (non-hydrogen) atoms.